The Labute approximate surface area is 111 Å². The highest BCUT2D eigenvalue weighted by Gasteiger charge is 2.30. The summed E-state index contributed by atoms with van der Waals surface area (Å²) in [5, 5.41) is 0. The van der Waals surface area contributed by atoms with Crippen molar-refractivity contribution in [2.75, 3.05) is 0 Å². The zero-order valence-corrected chi connectivity index (χ0v) is 10.3. The molecule has 0 aliphatic heterocycles. The molecule has 19 heavy (non-hydrogen) atoms. The van der Waals surface area contributed by atoms with Crippen LogP contribution in [0.2, 0.25) is 0 Å². The van der Waals surface area contributed by atoms with E-state index < -0.39 is 0 Å². The molecule has 3 rings (SSSR count). The van der Waals surface area contributed by atoms with Crippen LogP contribution in [-0.4, -0.2) is 11.6 Å². The minimum absolute atomic E-state index is 0.0670. The first kappa shape index (κ1) is 11.6. The summed E-state index contributed by atoms with van der Waals surface area (Å²) in [6.07, 6.45) is 2.33. The van der Waals surface area contributed by atoms with E-state index in [1.54, 1.807) is 36.4 Å². The van der Waals surface area contributed by atoms with Crippen LogP contribution >= 0.6 is 0 Å². The first-order chi connectivity index (χ1) is 9.24. The van der Waals surface area contributed by atoms with Crippen molar-refractivity contribution in [3.05, 3.63) is 82.9 Å². The fourth-order valence-electron chi connectivity index (χ4n) is 2.54. The third-order valence-electron chi connectivity index (χ3n) is 3.40. The van der Waals surface area contributed by atoms with Crippen molar-refractivity contribution in [3.8, 4) is 0 Å². The molecule has 1 aliphatic carbocycles. The molecule has 0 saturated heterocycles. The summed E-state index contributed by atoms with van der Waals surface area (Å²) in [5.41, 5.74) is 2.89. The lowest BCUT2D eigenvalue weighted by Crippen LogP contribution is -2.22. The third-order valence-corrected chi connectivity index (χ3v) is 3.40. The van der Waals surface area contributed by atoms with E-state index in [1.165, 1.54) is 0 Å². The fraction of sp³-hybridized carbons (Fsp3) is 0.0588. The molecule has 0 heterocycles. The Morgan fingerprint density at radius 3 is 2.16 bits per heavy atom. The van der Waals surface area contributed by atoms with E-state index in [0.29, 0.717) is 28.7 Å². The second-order valence-corrected chi connectivity index (χ2v) is 4.54. The van der Waals surface area contributed by atoms with E-state index in [4.69, 9.17) is 0 Å². The molecule has 0 N–H and O–H groups in total. The minimum atomic E-state index is -0.0730. The van der Waals surface area contributed by atoms with Crippen LogP contribution in [0.4, 0.5) is 0 Å². The monoisotopic (exact) mass is 248 g/mol. The quantitative estimate of drug-likeness (QED) is 0.653. The maximum atomic E-state index is 12.6. The van der Waals surface area contributed by atoms with Crippen molar-refractivity contribution >= 4 is 11.6 Å². The Balaban J connectivity index is 2.29. The Hall–Kier alpha value is -2.48. The van der Waals surface area contributed by atoms with Gasteiger partial charge in [-0.3, -0.25) is 9.59 Å². The molecule has 0 atom stereocenters. The summed E-state index contributed by atoms with van der Waals surface area (Å²) in [5.74, 6) is -0.140. The van der Waals surface area contributed by atoms with Gasteiger partial charge in [0.15, 0.2) is 11.6 Å². The lowest BCUT2D eigenvalue weighted by molar-refractivity contribution is 0.0978. The van der Waals surface area contributed by atoms with E-state index >= 15 is 0 Å². The highest BCUT2D eigenvalue weighted by molar-refractivity contribution is 6.28. The summed E-state index contributed by atoms with van der Waals surface area (Å²) in [7, 11) is 0. The van der Waals surface area contributed by atoms with Crippen LogP contribution in [0.5, 0.6) is 0 Å². The van der Waals surface area contributed by atoms with Crippen molar-refractivity contribution in [2.24, 2.45) is 0 Å². The largest absolute Gasteiger partial charge is 0.289 e. The maximum absolute atomic E-state index is 12.6. The molecule has 2 nitrogen and oxygen atoms in total. The van der Waals surface area contributed by atoms with Crippen LogP contribution in [0, 0.1) is 0 Å². The zero-order chi connectivity index (χ0) is 13.4. The standard InChI is InChI=1S/C17H12O2/c1-2-6-11-7-5-10-14-15(11)17(19)13-9-4-3-8-12(13)16(14)18/h2-5,7-10H,1,6H2. The number of ketones is 2. The van der Waals surface area contributed by atoms with E-state index in [2.05, 4.69) is 6.58 Å². The smallest absolute Gasteiger partial charge is 0.194 e. The van der Waals surface area contributed by atoms with Gasteiger partial charge >= 0.3 is 0 Å². The van der Waals surface area contributed by atoms with Gasteiger partial charge in [-0.15, -0.1) is 6.58 Å². The molecular formula is C17H12O2. The minimum Gasteiger partial charge on any atom is -0.289 e. The molecule has 92 valence electrons. The molecule has 0 amide bonds. The van der Waals surface area contributed by atoms with Crippen LogP contribution in [0.15, 0.2) is 55.1 Å². The number of fused-ring (bicyclic) bond motifs is 2. The average Bonchev–Trinajstić information content (AvgIpc) is 2.45. The summed E-state index contributed by atoms with van der Waals surface area (Å²) in [6.45, 7) is 3.70. The van der Waals surface area contributed by atoms with Gasteiger partial charge in [-0.05, 0) is 12.0 Å². The van der Waals surface area contributed by atoms with Crippen molar-refractivity contribution in [1.82, 2.24) is 0 Å². The number of benzene rings is 2. The first-order valence-electron chi connectivity index (χ1n) is 6.15. The molecule has 0 radical (unpaired) electrons. The number of carbonyl (C=O) groups is 2. The molecule has 0 spiro atoms. The maximum Gasteiger partial charge on any atom is 0.194 e. The molecule has 0 saturated carbocycles. The molecule has 2 heteroatoms. The van der Waals surface area contributed by atoms with Gasteiger partial charge in [0, 0.05) is 22.3 Å². The molecule has 2 aromatic rings. The van der Waals surface area contributed by atoms with Crippen molar-refractivity contribution in [2.45, 2.75) is 6.42 Å². The van der Waals surface area contributed by atoms with Crippen LogP contribution in [0.3, 0.4) is 0 Å². The fourth-order valence-corrected chi connectivity index (χ4v) is 2.54. The number of hydrogen-bond donors (Lipinski definition) is 0. The Morgan fingerprint density at radius 1 is 0.842 bits per heavy atom. The van der Waals surface area contributed by atoms with Gasteiger partial charge in [0.25, 0.3) is 0 Å². The van der Waals surface area contributed by atoms with Crippen molar-refractivity contribution in [3.63, 3.8) is 0 Å². The van der Waals surface area contributed by atoms with E-state index in [0.717, 1.165) is 5.56 Å². The lowest BCUT2D eigenvalue weighted by Gasteiger charge is -2.19. The second-order valence-electron chi connectivity index (χ2n) is 4.54. The van der Waals surface area contributed by atoms with Gasteiger partial charge in [0.1, 0.15) is 0 Å². The molecular weight excluding hydrogens is 236 g/mol. The zero-order valence-electron chi connectivity index (χ0n) is 10.3. The summed E-state index contributed by atoms with van der Waals surface area (Å²) >= 11 is 0. The normalized spacial score (nSPS) is 12.8. The topological polar surface area (TPSA) is 34.1 Å². The molecule has 2 aromatic carbocycles. The van der Waals surface area contributed by atoms with E-state index in [-0.39, 0.29) is 11.6 Å². The molecule has 0 unspecified atom stereocenters. The Kier molecular flexibility index (Phi) is 2.64. The molecule has 1 aliphatic rings. The van der Waals surface area contributed by atoms with Gasteiger partial charge in [0.05, 0.1) is 0 Å². The Morgan fingerprint density at radius 2 is 1.47 bits per heavy atom. The summed E-state index contributed by atoms with van der Waals surface area (Å²) in [4.78, 5) is 25.0. The van der Waals surface area contributed by atoms with Gasteiger partial charge in [-0.25, -0.2) is 0 Å². The second kappa shape index (κ2) is 4.32. The van der Waals surface area contributed by atoms with Gasteiger partial charge in [0.2, 0.25) is 0 Å². The number of carbonyl (C=O) groups excluding carboxylic acids is 2. The van der Waals surface area contributed by atoms with Crippen molar-refractivity contribution < 1.29 is 9.59 Å². The van der Waals surface area contributed by atoms with Crippen LogP contribution in [-0.2, 0) is 6.42 Å². The van der Waals surface area contributed by atoms with Gasteiger partial charge in [-0.2, -0.15) is 0 Å². The SMILES string of the molecule is C=CCc1cccc2c1C(=O)c1ccccc1C2=O. The molecule has 0 bridgehead atoms. The third kappa shape index (κ3) is 1.65. The predicted octanol–water partition coefficient (Wildman–Crippen LogP) is 3.19. The highest BCUT2D eigenvalue weighted by Crippen LogP contribution is 2.29. The Bertz CT molecular complexity index is 711. The highest BCUT2D eigenvalue weighted by atomic mass is 16.1. The summed E-state index contributed by atoms with van der Waals surface area (Å²) in [6, 6.07) is 12.4. The summed E-state index contributed by atoms with van der Waals surface area (Å²) < 4.78 is 0. The number of hydrogen-bond acceptors (Lipinski definition) is 2. The number of rotatable bonds is 2. The van der Waals surface area contributed by atoms with Crippen molar-refractivity contribution in [1.29, 1.82) is 0 Å². The van der Waals surface area contributed by atoms with E-state index in [9.17, 15) is 9.59 Å². The van der Waals surface area contributed by atoms with Crippen LogP contribution < -0.4 is 0 Å². The van der Waals surface area contributed by atoms with Gasteiger partial charge < -0.3 is 0 Å². The van der Waals surface area contributed by atoms with E-state index in [1.807, 2.05) is 12.1 Å². The average molecular weight is 248 g/mol. The molecule has 0 fully saturated rings. The predicted molar refractivity (Wildman–Crippen MR) is 73.7 cm³/mol. The van der Waals surface area contributed by atoms with Crippen LogP contribution in [0.25, 0.3) is 0 Å². The van der Waals surface area contributed by atoms with Crippen LogP contribution in [0.1, 0.15) is 37.4 Å². The van der Waals surface area contributed by atoms with Gasteiger partial charge in [-0.1, -0.05) is 48.5 Å². The molecule has 0 aromatic heterocycles. The number of allylic oxidation sites excluding steroid dienone is 1. The first-order valence-corrected chi connectivity index (χ1v) is 6.15. The lowest BCUT2D eigenvalue weighted by atomic mass is 9.81.